The molecule has 6 heteroatoms. The number of furan rings is 1. The second-order valence-electron chi connectivity index (χ2n) is 4.58. The first-order valence-corrected chi connectivity index (χ1v) is 6.46. The molecule has 1 N–H and O–H groups in total. The number of nitrogens with zero attached hydrogens (tertiary/aromatic N) is 3. The minimum atomic E-state index is -0.931. The highest BCUT2D eigenvalue weighted by Gasteiger charge is 2.19. The van der Waals surface area contributed by atoms with Gasteiger partial charge in [0.2, 0.25) is 0 Å². The summed E-state index contributed by atoms with van der Waals surface area (Å²) in [5.41, 5.74) is 2.03. The molecule has 3 rings (SSSR count). The summed E-state index contributed by atoms with van der Waals surface area (Å²) in [6, 6.07) is 13.2. The quantitative estimate of drug-likeness (QED) is 0.776. The smallest absolute Gasteiger partial charge is 0.309 e. The highest BCUT2D eigenvalue weighted by molar-refractivity contribution is 5.72. The molecule has 106 valence electrons. The number of carbonyl (C=O) groups is 1. The van der Waals surface area contributed by atoms with E-state index in [0.29, 0.717) is 23.7 Å². The molecule has 1 aromatic carbocycles. The summed E-state index contributed by atoms with van der Waals surface area (Å²) in [6.07, 6.45) is 1.37. The van der Waals surface area contributed by atoms with Crippen LogP contribution in [0.15, 0.2) is 53.1 Å². The van der Waals surface area contributed by atoms with Crippen LogP contribution in [0.25, 0.3) is 11.5 Å². The maximum absolute atomic E-state index is 11.1. The second-order valence-corrected chi connectivity index (χ2v) is 4.58. The lowest BCUT2D eigenvalue weighted by molar-refractivity contribution is -0.136. The zero-order valence-electron chi connectivity index (χ0n) is 11.1. The maximum atomic E-state index is 11.1. The summed E-state index contributed by atoms with van der Waals surface area (Å²) in [6.45, 7) is 0.469. The number of aliphatic carboxylic acids is 1. The molecule has 6 nitrogen and oxygen atoms in total. The van der Waals surface area contributed by atoms with Gasteiger partial charge in [-0.3, -0.25) is 4.79 Å². The van der Waals surface area contributed by atoms with Crippen LogP contribution in [0, 0.1) is 0 Å². The first kappa shape index (κ1) is 13.1. The van der Waals surface area contributed by atoms with E-state index in [1.54, 1.807) is 16.8 Å². The lowest BCUT2D eigenvalue weighted by atomic mass is 10.2. The van der Waals surface area contributed by atoms with Crippen molar-refractivity contribution in [2.75, 3.05) is 0 Å². The van der Waals surface area contributed by atoms with Gasteiger partial charge in [-0.2, -0.15) is 0 Å². The molecule has 0 fully saturated rings. The standard InChI is InChI=1S/C15H13N3O3/c19-14(20)9-12-15(13-7-4-8-21-13)16-17-18(12)10-11-5-2-1-3-6-11/h1-8H,9-10H2,(H,19,20). The molecule has 2 heterocycles. The van der Waals surface area contributed by atoms with Gasteiger partial charge in [0.05, 0.1) is 24.9 Å². The Balaban J connectivity index is 1.98. The minimum Gasteiger partial charge on any atom is -0.481 e. The molecule has 2 aromatic heterocycles. The van der Waals surface area contributed by atoms with Crippen molar-refractivity contribution in [3.05, 3.63) is 60.0 Å². The Morgan fingerprint density at radius 3 is 2.67 bits per heavy atom. The monoisotopic (exact) mass is 283 g/mol. The molecule has 0 bridgehead atoms. The molecule has 0 saturated heterocycles. The molecule has 0 spiro atoms. The van der Waals surface area contributed by atoms with Gasteiger partial charge in [-0.15, -0.1) is 5.10 Å². The van der Waals surface area contributed by atoms with E-state index in [4.69, 9.17) is 9.52 Å². The van der Waals surface area contributed by atoms with Crippen LogP contribution in [0.3, 0.4) is 0 Å². The minimum absolute atomic E-state index is 0.157. The fraction of sp³-hybridized carbons (Fsp3) is 0.133. The summed E-state index contributed by atoms with van der Waals surface area (Å²) >= 11 is 0. The SMILES string of the molecule is O=C(O)Cc1c(-c2ccco2)nnn1Cc1ccccc1. The van der Waals surface area contributed by atoms with Gasteiger partial charge in [0.15, 0.2) is 11.5 Å². The van der Waals surface area contributed by atoms with Crippen LogP contribution >= 0.6 is 0 Å². The normalized spacial score (nSPS) is 10.7. The highest BCUT2D eigenvalue weighted by atomic mass is 16.4. The number of carboxylic acids is 1. The Hall–Kier alpha value is -2.89. The van der Waals surface area contributed by atoms with Crippen molar-refractivity contribution in [1.82, 2.24) is 15.0 Å². The summed E-state index contributed by atoms with van der Waals surface area (Å²) in [5, 5.41) is 17.2. The van der Waals surface area contributed by atoms with E-state index in [9.17, 15) is 4.79 Å². The van der Waals surface area contributed by atoms with Gasteiger partial charge in [0.25, 0.3) is 0 Å². The van der Waals surface area contributed by atoms with Crippen LogP contribution in [0.1, 0.15) is 11.3 Å². The van der Waals surface area contributed by atoms with Crippen molar-refractivity contribution in [3.63, 3.8) is 0 Å². The maximum Gasteiger partial charge on any atom is 0.309 e. The molecular weight excluding hydrogens is 270 g/mol. The summed E-state index contributed by atoms with van der Waals surface area (Å²) in [7, 11) is 0. The Kier molecular flexibility index (Phi) is 3.51. The molecule has 21 heavy (non-hydrogen) atoms. The first-order chi connectivity index (χ1) is 10.2. The molecule has 3 aromatic rings. The number of hydrogen-bond acceptors (Lipinski definition) is 4. The molecule has 0 aliphatic heterocycles. The highest BCUT2D eigenvalue weighted by Crippen LogP contribution is 2.22. The second kappa shape index (κ2) is 5.62. The molecule has 0 radical (unpaired) electrons. The fourth-order valence-electron chi connectivity index (χ4n) is 2.14. The average molecular weight is 283 g/mol. The van der Waals surface area contributed by atoms with Crippen LogP contribution in [0.4, 0.5) is 0 Å². The number of aromatic nitrogens is 3. The van der Waals surface area contributed by atoms with Crippen molar-refractivity contribution < 1.29 is 14.3 Å². The van der Waals surface area contributed by atoms with Gasteiger partial charge in [-0.25, -0.2) is 4.68 Å². The van der Waals surface area contributed by atoms with E-state index in [1.807, 2.05) is 30.3 Å². The topological polar surface area (TPSA) is 81.2 Å². The number of benzene rings is 1. The molecule has 0 unspecified atom stereocenters. The zero-order chi connectivity index (χ0) is 14.7. The van der Waals surface area contributed by atoms with Crippen molar-refractivity contribution in [1.29, 1.82) is 0 Å². The molecule has 0 amide bonds. The van der Waals surface area contributed by atoms with Crippen LogP contribution < -0.4 is 0 Å². The third-order valence-electron chi connectivity index (χ3n) is 3.09. The summed E-state index contributed by atoms with van der Waals surface area (Å²) in [5.74, 6) is -0.412. The van der Waals surface area contributed by atoms with E-state index >= 15 is 0 Å². The van der Waals surface area contributed by atoms with E-state index < -0.39 is 5.97 Å². The van der Waals surface area contributed by atoms with Gasteiger partial charge in [-0.05, 0) is 17.7 Å². The Morgan fingerprint density at radius 1 is 1.19 bits per heavy atom. The van der Waals surface area contributed by atoms with Gasteiger partial charge in [0.1, 0.15) is 0 Å². The third-order valence-corrected chi connectivity index (χ3v) is 3.09. The Bertz CT molecular complexity index is 733. The van der Waals surface area contributed by atoms with Gasteiger partial charge >= 0.3 is 5.97 Å². The van der Waals surface area contributed by atoms with E-state index in [0.717, 1.165) is 5.56 Å². The fourth-order valence-corrected chi connectivity index (χ4v) is 2.14. The average Bonchev–Trinajstić information content (AvgIpc) is 3.10. The van der Waals surface area contributed by atoms with Gasteiger partial charge in [0, 0.05) is 0 Å². The van der Waals surface area contributed by atoms with Crippen LogP contribution in [0.2, 0.25) is 0 Å². The molecule has 0 aliphatic carbocycles. The van der Waals surface area contributed by atoms with Crippen molar-refractivity contribution >= 4 is 5.97 Å². The summed E-state index contributed by atoms with van der Waals surface area (Å²) < 4.78 is 6.90. The lowest BCUT2D eigenvalue weighted by Gasteiger charge is -2.05. The van der Waals surface area contributed by atoms with Crippen LogP contribution in [-0.2, 0) is 17.8 Å². The molecule has 0 atom stereocenters. The number of rotatable bonds is 5. The Labute approximate surface area is 120 Å². The van der Waals surface area contributed by atoms with Crippen LogP contribution in [-0.4, -0.2) is 26.1 Å². The van der Waals surface area contributed by atoms with Crippen molar-refractivity contribution in [3.8, 4) is 11.5 Å². The number of hydrogen-bond donors (Lipinski definition) is 1. The Morgan fingerprint density at radius 2 is 2.00 bits per heavy atom. The largest absolute Gasteiger partial charge is 0.481 e. The molecular formula is C15H13N3O3. The lowest BCUT2D eigenvalue weighted by Crippen LogP contribution is -2.11. The first-order valence-electron chi connectivity index (χ1n) is 6.46. The van der Waals surface area contributed by atoms with E-state index in [1.165, 1.54) is 6.26 Å². The third kappa shape index (κ3) is 2.84. The van der Waals surface area contributed by atoms with E-state index in [2.05, 4.69) is 10.3 Å². The van der Waals surface area contributed by atoms with Crippen molar-refractivity contribution in [2.45, 2.75) is 13.0 Å². The predicted molar refractivity (Wildman–Crippen MR) is 74.6 cm³/mol. The number of carboxylic acid groups (broad SMARTS) is 1. The molecule has 0 aliphatic rings. The van der Waals surface area contributed by atoms with E-state index in [-0.39, 0.29) is 6.42 Å². The molecule has 0 saturated carbocycles. The predicted octanol–water partition coefficient (Wildman–Crippen LogP) is 2.21. The summed E-state index contributed by atoms with van der Waals surface area (Å²) in [4.78, 5) is 11.1. The van der Waals surface area contributed by atoms with Crippen molar-refractivity contribution in [2.24, 2.45) is 0 Å². The zero-order valence-corrected chi connectivity index (χ0v) is 11.1. The van der Waals surface area contributed by atoms with Gasteiger partial charge in [-0.1, -0.05) is 35.5 Å². The van der Waals surface area contributed by atoms with Gasteiger partial charge < -0.3 is 9.52 Å². The van der Waals surface area contributed by atoms with Crippen LogP contribution in [0.5, 0.6) is 0 Å².